The molecular formula is C25H18FN3O. The van der Waals surface area contributed by atoms with Crippen LogP contribution in [0, 0.1) is 5.82 Å². The van der Waals surface area contributed by atoms with Crippen LogP contribution in [-0.2, 0) is 6.61 Å². The normalized spacial score (nSPS) is 11.0. The maximum Gasteiger partial charge on any atom is 0.163 e. The van der Waals surface area contributed by atoms with Crippen molar-refractivity contribution in [3.8, 4) is 28.1 Å². The predicted octanol–water partition coefficient (Wildman–Crippen LogP) is 5.78. The van der Waals surface area contributed by atoms with Gasteiger partial charge < -0.3 is 4.74 Å². The van der Waals surface area contributed by atoms with Crippen LogP contribution in [0.5, 0.6) is 5.75 Å². The summed E-state index contributed by atoms with van der Waals surface area (Å²) in [5.41, 5.74) is 5.51. The molecule has 0 aliphatic carbocycles. The third kappa shape index (κ3) is 3.53. The van der Waals surface area contributed by atoms with E-state index in [0.29, 0.717) is 6.61 Å². The van der Waals surface area contributed by atoms with Crippen molar-refractivity contribution < 1.29 is 9.13 Å². The van der Waals surface area contributed by atoms with E-state index in [9.17, 15) is 4.39 Å². The molecule has 0 aliphatic heterocycles. The summed E-state index contributed by atoms with van der Waals surface area (Å²) in [4.78, 5) is 4.49. The minimum absolute atomic E-state index is 0.265. The fourth-order valence-corrected chi connectivity index (χ4v) is 3.41. The molecule has 0 unspecified atom stereocenters. The molecular weight excluding hydrogens is 377 g/mol. The minimum atomic E-state index is -0.265. The van der Waals surface area contributed by atoms with Gasteiger partial charge in [0.05, 0.1) is 11.9 Å². The highest BCUT2D eigenvalue weighted by atomic mass is 19.1. The van der Waals surface area contributed by atoms with Crippen molar-refractivity contribution >= 4 is 5.65 Å². The maximum absolute atomic E-state index is 13.3. The van der Waals surface area contributed by atoms with Crippen LogP contribution in [0.3, 0.4) is 0 Å². The number of hydrogen-bond acceptors (Lipinski definition) is 3. The summed E-state index contributed by atoms with van der Waals surface area (Å²) in [5.74, 6) is 0.541. The van der Waals surface area contributed by atoms with Gasteiger partial charge in [-0.05, 0) is 53.6 Å². The van der Waals surface area contributed by atoms with Crippen molar-refractivity contribution in [3.63, 3.8) is 0 Å². The second kappa shape index (κ2) is 7.79. The van der Waals surface area contributed by atoms with E-state index in [1.807, 2.05) is 60.7 Å². The van der Waals surface area contributed by atoms with Crippen LogP contribution in [0.25, 0.3) is 28.0 Å². The Kier molecular flexibility index (Phi) is 4.69. The number of aromatic nitrogens is 3. The van der Waals surface area contributed by atoms with Gasteiger partial charge in [-0.3, -0.25) is 0 Å². The number of ether oxygens (including phenoxy) is 1. The van der Waals surface area contributed by atoms with Gasteiger partial charge in [0.25, 0.3) is 0 Å². The highest BCUT2D eigenvalue weighted by Gasteiger charge is 2.12. The standard InChI is InChI=1S/C25H18FN3O/c26-21-10-6-19(7-11-21)23-16-28-29-24(14-15-27-25(23)29)20-8-12-22(13-9-20)30-17-18-4-2-1-3-5-18/h1-16H,17H2. The van der Waals surface area contributed by atoms with E-state index in [-0.39, 0.29) is 5.82 Å². The average Bonchev–Trinajstić information content (AvgIpc) is 3.24. The second-order valence-electron chi connectivity index (χ2n) is 6.93. The van der Waals surface area contributed by atoms with Crippen LogP contribution in [0.15, 0.2) is 97.3 Å². The van der Waals surface area contributed by atoms with Gasteiger partial charge in [-0.15, -0.1) is 0 Å². The van der Waals surface area contributed by atoms with E-state index < -0.39 is 0 Å². The number of rotatable bonds is 5. The number of halogens is 1. The highest BCUT2D eigenvalue weighted by Crippen LogP contribution is 2.28. The Morgan fingerprint density at radius 1 is 0.800 bits per heavy atom. The van der Waals surface area contributed by atoms with Crippen molar-refractivity contribution in [1.29, 1.82) is 0 Å². The van der Waals surface area contributed by atoms with Crippen LogP contribution in [0.4, 0.5) is 4.39 Å². The zero-order valence-electron chi connectivity index (χ0n) is 16.1. The van der Waals surface area contributed by atoms with Gasteiger partial charge in [0.2, 0.25) is 0 Å². The van der Waals surface area contributed by atoms with Crippen LogP contribution >= 0.6 is 0 Å². The predicted molar refractivity (Wildman–Crippen MR) is 115 cm³/mol. The van der Waals surface area contributed by atoms with Gasteiger partial charge in [-0.2, -0.15) is 5.10 Å². The summed E-state index contributed by atoms with van der Waals surface area (Å²) >= 11 is 0. The summed E-state index contributed by atoms with van der Waals surface area (Å²) < 4.78 is 20.9. The summed E-state index contributed by atoms with van der Waals surface area (Å²) in [5, 5.41) is 4.52. The first-order valence-electron chi connectivity index (χ1n) is 9.64. The van der Waals surface area contributed by atoms with Gasteiger partial charge in [-0.25, -0.2) is 13.9 Å². The molecule has 0 radical (unpaired) electrons. The van der Waals surface area contributed by atoms with E-state index in [1.165, 1.54) is 12.1 Å². The van der Waals surface area contributed by atoms with Gasteiger partial charge in [0.15, 0.2) is 5.65 Å². The van der Waals surface area contributed by atoms with Crippen LogP contribution in [0.1, 0.15) is 5.56 Å². The highest BCUT2D eigenvalue weighted by molar-refractivity contribution is 5.78. The average molecular weight is 395 g/mol. The molecule has 5 rings (SSSR count). The summed E-state index contributed by atoms with van der Waals surface area (Å²) in [6, 6.07) is 26.3. The van der Waals surface area contributed by atoms with Crippen molar-refractivity contribution in [3.05, 3.63) is 109 Å². The minimum Gasteiger partial charge on any atom is -0.489 e. The quantitative estimate of drug-likeness (QED) is 0.379. The van der Waals surface area contributed by atoms with Crippen molar-refractivity contribution in [2.45, 2.75) is 6.61 Å². The largest absolute Gasteiger partial charge is 0.489 e. The molecule has 0 fully saturated rings. The first-order valence-corrected chi connectivity index (χ1v) is 9.64. The molecule has 0 bridgehead atoms. The number of nitrogens with zero attached hydrogens (tertiary/aromatic N) is 3. The smallest absolute Gasteiger partial charge is 0.163 e. The third-order valence-electron chi connectivity index (χ3n) is 4.95. The van der Waals surface area contributed by atoms with Gasteiger partial charge in [-0.1, -0.05) is 42.5 Å². The summed E-state index contributed by atoms with van der Waals surface area (Å²) in [6.45, 7) is 0.528. The van der Waals surface area contributed by atoms with E-state index in [0.717, 1.165) is 39.3 Å². The maximum atomic E-state index is 13.3. The van der Waals surface area contributed by atoms with E-state index in [2.05, 4.69) is 10.1 Å². The number of fused-ring (bicyclic) bond motifs is 1. The molecule has 0 aliphatic rings. The molecule has 0 N–H and O–H groups in total. The molecule has 0 spiro atoms. The molecule has 0 saturated carbocycles. The monoisotopic (exact) mass is 395 g/mol. The Labute approximate surface area is 173 Å². The first-order chi connectivity index (χ1) is 14.8. The molecule has 5 aromatic rings. The Hall–Kier alpha value is -3.99. The first kappa shape index (κ1) is 18.1. The van der Waals surface area contributed by atoms with Crippen molar-refractivity contribution in [1.82, 2.24) is 14.6 Å². The molecule has 2 aromatic heterocycles. The summed E-state index contributed by atoms with van der Waals surface area (Å²) in [7, 11) is 0. The number of hydrogen-bond donors (Lipinski definition) is 0. The molecule has 30 heavy (non-hydrogen) atoms. The fraction of sp³-hybridized carbons (Fsp3) is 0.0400. The van der Waals surface area contributed by atoms with Crippen LogP contribution < -0.4 is 4.74 Å². The van der Waals surface area contributed by atoms with Crippen molar-refractivity contribution in [2.75, 3.05) is 0 Å². The zero-order chi connectivity index (χ0) is 20.3. The SMILES string of the molecule is Fc1ccc(-c2cnn3c(-c4ccc(OCc5ccccc5)cc4)ccnc23)cc1. The lowest BCUT2D eigenvalue weighted by Gasteiger charge is -2.09. The molecule has 0 atom stereocenters. The van der Waals surface area contributed by atoms with E-state index in [4.69, 9.17) is 4.74 Å². The Morgan fingerprint density at radius 3 is 2.30 bits per heavy atom. The van der Waals surface area contributed by atoms with Gasteiger partial charge >= 0.3 is 0 Å². The molecule has 2 heterocycles. The lowest BCUT2D eigenvalue weighted by molar-refractivity contribution is 0.306. The zero-order valence-corrected chi connectivity index (χ0v) is 16.1. The molecule has 3 aromatic carbocycles. The van der Waals surface area contributed by atoms with E-state index in [1.54, 1.807) is 29.0 Å². The van der Waals surface area contributed by atoms with E-state index >= 15 is 0 Å². The molecule has 0 amide bonds. The fourth-order valence-electron chi connectivity index (χ4n) is 3.41. The lowest BCUT2D eigenvalue weighted by atomic mass is 10.1. The van der Waals surface area contributed by atoms with Crippen LogP contribution in [-0.4, -0.2) is 14.6 Å². The Bertz CT molecular complexity index is 1280. The topological polar surface area (TPSA) is 39.4 Å². The van der Waals surface area contributed by atoms with Gasteiger partial charge in [0, 0.05) is 17.3 Å². The second-order valence-corrected chi connectivity index (χ2v) is 6.93. The molecule has 5 heteroatoms. The molecule has 4 nitrogen and oxygen atoms in total. The summed E-state index contributed by atoms with van der Waals surface area (Å²) in [6.07, 6.45) is 3.52. The third-order valence-corrected chi connectivity index (χ3v) is 4.95. The number of benzene rings is 3. The Morgan fingerprint density at radius 2 is 1.53 bits per heavy atom. The molecule has 0 saturated heterocycles. The molecule has 146 valence electrons. The van der Waals surface area contributed by atoms with Gasteiger partial charge in [0.1, 0.15) is 18.2 Å². The van der Waals surface area contributed by atoms with Crippen LogP contribution in [0.2, 0.25) is 0 Å². The lowest BCUT2D eigenvalue weighted by Crippen LogP contribution is -1.97. The Balaban J connectivity index is 1.43. The van der Waals surface area contributed by atoms with Crippen molar-refractivity contribution in [2.24, 2.45) is 0 Å².